The number of nitrogens with one attached hydrogen (secondary N) is 4. The highest BCUT2D eigenvalue weighted by Crippen LogP contribution is 2.24. The number of hydrogen-bond acceptors (Lipinski definition) is 6. The molecule has 3 aromatic rings. The molecule has 0 aliphatic rings. The van der Waals surface area contributed by atoms with E-state index in [1.54, 1.807) is 37.3 Å². The fourth-order valence-electron chi connectivity index (χ4n) is 2.99. The Morgan fingerprint density at radius 2 is 1.64 bits per heavy atom. The van der Waals surface area contributed by atoms with E-state index in [0.717, 1.165) is 5.69 Å². The Hall–Kier alpha value is -3.92. The van der Waals surface area contributed by atoms with Crippen molar-refractivity contribution in [2.45, 2.75) is 12.7 Å². The monoisotopic (exact) mass is 467 g/mol. The summed E-state index contributed by atoms with van der Waals surface area (Å²) in [5, 5.41) is 11.2. The molecule has 0 aliphatic heterocycles. The topological polar surface area (TPSA) is 129 Å². The first kappa shape index (κ1) is 23.7. The molecule has 3 amide bonds. The van der Waals surface area contributed by atoms with Crippen molar-refractivity contribution < 1.29 is 18.0 Å². The third-order valence-electron chi connectivity index (χ3n) is 4.42. The maximum atomic E-state index is 13.0. The first-order valence-electron chi connectivity index (χ1n) is 10.2. The second-order valence-electron chi connectivity index (χ2n) is 7.31. The quantitative estimate of drug-likeness (QED) is 0.399. The summed E-state index contributed by atoms with van der Waals surface area (Å²) in [4.78, 5) is 29.0. The molecule has 0 aliphatic carbocycles. The van der Waals surface area contributed by atoms with Crippen LogP contribution in [0.1, 0.15) is 22.8 Å². The average Bonchev–Trinajstić information content (AvgIpc) is 2.75. The van der Waals surface area contributed by atoms with Gasteiger partial charge in [0.2, 0.25) is 0 Å². The first-order chi connectivity index (χ1) is 15.7. The average molecular weight is 468 g/mol. The van der Waals surface area contributed by atoms with Gasteiger partial charge in [0.1, 0.15) is 5.82 Å². The number of anilines is 4. The SMILES string of the molecule is CCNC(=O)Nc1cc(Nc2ccccc2)c(C(=O)Nc2ccc(CS(C)(=O)=O)cc2)cn1. The summed E-state index contributed by atoms with van der Waals surface area (Å²) in [6, 6.07) is 17.0. The van der Waals surface area contributed by atoms with Gasteiger partial charge in [-0.15, -0.1) is 0 Å². The summed E-state index contributed by atoms with van der Waals surface area (Å²) in [5.74, 6) is -0.210. The minimum Gasteiger partial charge on any atom is -0.355 e. The van der Waals surface area contributed by atoms with Gasteiger partial charge in [-0.3, -0.25) is 10.1 Å². The van der Waals surface area contributed by atoms with Gasteiger partial charge in [-0.25, -0.2) is 18.2 Å². The molecule has 3 rings (SSSR count). The summed E-state index contributed by atoms with van der Waals surface area (Å²) in [6.45, 7) is 2.26. The molecular weight excluding hydrogens is 442 g/mol. The number of pyridine rings is 1. The Morgan fingerprint density at radius 1 is 0.939 bits per heavy atom. The summed E-state index contributed by atoms with van der Waals surface area (Å²) < 4.78 is 22.9. The number of amides is 3. The smallest absolute Gasteiger partial charge is 0.320 e. The molecule has 9 nitrogen and oxygen atoms in total. The van der Waals surface area contributed by atoms with E-state index in [0.29, 0.717) is 23.5 Å². The van der Waals surface area contributed by atoms with Crippen LogP contribution in [0.25, 0.3) is 0 Å². The van der Waals surface area contributed by atoms with Crippen LogP contribution in [-0.4, -0.2) is 38.1 Å². The molecule has 172 valence electrons. The van der Waals surface area contributed by atoms with Crippen molar-refractivity contribution in [3.63, 3.8) is 0 Å². The van der Waals surface area contributed by atoms with Crippen molar-refractivity contribution in [3.05, 3.63) is 78.0 Å². The first-order valence-corrected chi connectivity index (χ1v) is 12.2. The number of aromatic nitrogens is 1. The predicted molar refractivity (Wildman–Crippen MR) is 130 cm³/mol. The van der Waals surface area contributed by atoms with Crippen LogP contribution in [0, 0.1) is 0 Å². The summed E-state index contributed by atoms with van der Waals surface area (Å²) in [7, 11) is -3.15. The minimum absolute atomic E-state index is 0.0731. The lowest BCUT2D eigenvalue weighted by Gasteiger charge is -2.14. The number of carbonyl (C=O) groups excluding carboxylic acids is 2. The van der Waals surface area contributed by atoms with Crippen LogP contribution in [0.4, 0.5) is 27.7 Å². The van der Waals surface area contributed by atoms with Crippen molar-refractivity contribution >= 4 is 44.7 Å². The van der Waals surface area contributed by atoms with E-state index >= 15 is 0 Å². The highest BCUT2D eigenvalue weighted by molar-refractivity contribution is 7.89. The summed E-state index contributed by atoms with van der Waals surface area (Å²) >= 11 is 0. The zero-order valence-electron chi connectivity index (χ0n) is 18.3. The largest absolute Gasteiger partial charge is 0.355 e. The molecule has 33 heavy (non-hydrogen) atoms. The maximum Gasteiger partial charge on any atom is 0.320 e. The van der Waals surface area contributed by atoms with Gasteiger partial charge in [-0.05, 0) is 36.8 Å². The fraction of sp³-hybridized carbons (Fsp3) is 0.174. The number of benzene rings is 2. The third-order valence-corrected chi connectivity index (χ3v) is 5.28. The lowest BCUT2D eigenvalue weighted by molar-refractivity contribution is 0.102. The zero-order valence-corrected chi connectivity index (χ0v) is 19.1. The van der Waals surface area contributed by atoms with Crippen molar-refractivity contribution in [2.24, 2.45) is 0 Å². The number of nitrogens with zero attached hydrogens (tertiary/aromatic N) is 1. The van der Waals surface area contributed by atoms with Gasteiger partial charge in [0.25, 0.3) is 5.91 Å². The van der Waals surface area contributed by atoms with E-state index in [2.05, 4.69) is 26.3 Å². The Bertz CT molecular complexity index is 1230. The normalized spacial score (nSPS) is 10.8. The van der Waals surface area contributed by atoms with Crippen LogP contribution in [0.5, 0.6) is 0 Å². The van der Waals surface area contributed by atoms with Gasteiger partial charge in [-0.2, -0.15) is 0 Å². The standard InChI is InChI=1S/C23H25N5O4S/c1-3-24-23(30)28-21-13-20(26-17-7-5-4-6-8-17)19(14-25-21)22(29)27-18-11-9-16(10-12-18)15-33(2,31)32/h4-14H,3,15H2,1-2H3,(H,27,29)(H3,24,25,26,28,30). The highest BCUT2D eigenvalue weighted by Gasteiger charge is 2.15. The van der Waals surface area contributed by atoms with E-state index in [9.17, 15) is 18.0 Å². The van der Waals surface area contributed by atoms with Crippen LogP contribution in [0.3, 0.4) is 0 Å². The lowest BCUT2D eigenvalue weighted by atomic mass is 10.1. The molecule has 0 unspecified atom stereocenters. The molecule has 0 atom stereocenters. The van der Waals surface area contributed by atoms with Crippen LogP contribution < -0.4 is 21.3 Å². The molecule has 1 aromatic heterocycles. The molecule has 0 saturated heterocycles. The number of para-hydroxylation sites is 1. The predicted octanol–water partition coefficient (Wildman–Crippen LogP) is 3.76. The molecule has 4 N–H and O–H groups in total. The fourth-order valence-corrected chi connectivity index (χ4v) is 3.79. The third kappa shape index (κ3) is 7.32. The Kier molecular flexibility index (Phi) is 7.62. The van der Waals surface area contributed by atoms with Crippen LogP contribution in [-0.2, 0) is 15.6 Å². The number of rotatable bonds is 8. The van der Waals surface area contributed by atoms with E-state index < -0.39 is 21.8 Å². The van der Waals surface area contributed by atoms with Crippen molar-refractivity contribution in [1.29, 1.82) is 0 Å². The molecule has 0 saturated carbocycles. The Labute approximate surface area is 192 Å². The van der Waals surface area contributed by atoms with E-state index in [-0.39, 0.29) is 17.1 Å². The maximum absolute atomic E-state index is 13.0. The van der Waals surface area contributed by atoms with Gasteiger partial charge in [-0.1, -0.05) is 30.3 Å². The number of carbonyl (C=O) groups is 2. The second-order valence-corrected chi connectivity index (χ2v) is 9.45. The van der Waals surface area contributed by atoms with Gasteiger partial charge < -0.3 is 16.0 Å². The molecule has 2 aromatic carbocycles. The Morgan fingerprint density at radius 3 is 2.27 bits per heavy atom. The van der Waals surface area contributed by atoms with Crippen molar-refractivity contribution in [1.82, 2.24) is 10.3 Å². The van der Waals surface area contributed by atoms with Crippen LogP contribution >= 0.6 is 0 Å². The van der Waals surface area contributed by atoms with E-state index in [1.165, 1.54) is 12.5 Å². The summed E-state index contributed by atoms with van der Waals surface area (Å²) in [6.07, 6.45) is 2.54. The number of urea groups is 1. The molecule has 10 heteroatoms. The summed E-state index contributed by atoms with van der Waals surface area (Å²) in [5.41, 5.74) is 2.61. The van der Waals surface area contributed by atoms with Gasteiger partial charge in [0.05, 0.1) is 17.0 Å². The molecule has 0 radical (unpaired) electrons. The molecule has 0 fully saturated rings. The van der Waals surface area contributed by atoms with E-state index in [4.69, 9.17) is 0 Å². The van der Waals surface area contributed by atoms with Crippen LogP contribution in [0.2, 0.25) is 0 Å². The van der Waals surface area contributed by atoms with Crippen molar-refractivity contribution in [2.75, 3.05) is 28.8 Å². The van der Waals surface area contributed by atoms with Gasteiger partial charge in [0, 0.05) is 36.4 Å². The van der Waals surface area contributed by atoms with Crippen molar-refractivity contribution in [3.8, 4) is 0 Å². The van der Waals surface area contributed by atoms with Crippen LogP contribution in [0.15, 0.2) is 66.9 Å². The lowest BCUT2D eigenvalue weighted by Crippen LogP contribution is -2.28. The van der Waals surface area contributed by atoms with Gasteiger partial charge in [0.15, 0.2) is 9.84 Å². The van der Waals surface area contributed by atoms with E-state index in [1.807, 2.05) is 30.3 Å². The second kappa shape index (κ2) is 10.6. The number of hydrogen-bond donors (Lipinski definition) is 4. The Balaban J connectivity index is 1.83. The molecular formula is C23H25N5O4S. The van der Waals surface area contributed by atoms with Gasteiger partial charge >= 0.3 is 6.03 Å². The highest BCUT2D eigenvalue weighted by atomic mass is 32.2. The number of sulfone groups is 1. The molecule has 0 spiro atoms. The molecule has 1 heterocycles. The zero-order chi connectivity index (χ0) is 23.8. The minimum atomic E-state index is -3.15. The molecule has 0 bridgehead atoms.